The Kier molecular flexibility index (Phi) is 4.83. The van der Waals surface area contributed by atoms with Gasteiger partial charge in [-0.25, -0.2) is 0 Å². The summed E-state index contributed by atoms with van der Waals surface area (Å²) in [4.78, 5) is 13.2. The zero-order chi connectivity index (χ0) is 20.6. The van der Waals surface area contributed by atoms with Gasteiger partial charge in [-0.1, -0.05) is 59.9 Å². The van der Waals surface area contributed by atoms with Crippen LogP contribution in [0.3, 0.4) is 0 Å². The average molecular weight is 421 g/mol. The van der Waals surface area contributed by atoms with E-state index in [0.29, 0.717) is 28.8 Å². The lowest BCUT2D eigenvalue weighted by Crippen LogP contribution is -2.42. The number of furan rings is 1. The topological polar surface area (TPSA) is 68.3 Å². The molecule has 1 aliphatic carbocycles. The maximum atomic E-state index is 13.2. The Hall–Kier alpha value is -3.05. The highest BCUT2D eigenvalue weighted by Gasteiger charge is 2.42. The standard InChI is InChI=1S/C24H21ClN2O3/c25-18-9-7-17(8-10-18)24(11-3-4-12-24)23(28)26-15-19-14-22(30-27-19)21-13-16-5-1-2-6-20(16)29-21/h1-2,5-10,13-14H,3-4,11-12,15H2,(H,26,28). The van der Waals surface area contributed by atoms with Gasteiger partial charge < -0.3 is 14.3 Å². The van der Waals surface area contributed by atoms with Crippen LogP contribution in [0.5, 0.6) is 0 Å². The molecule has 2 heterocycles. The number of aromatic nitrogens is 1. The van der Waals surface area contributed by atoms with Gasteiger partial charge in [0.2, 0.25) is 11.7 Å². The second kappa shape index (κ2) is 7.65. The maximum absolute atomic E-state index is 13.2. The van der Waals surface area contributed by atoms with E-state index in [1.807, 2.05) is 60.7 Å². The number of benzene rings is 2. The third-order valence-corrected chi connectivity index (χ3v) is 6.20. The SMILES string of the molecule is O=C(NCc1cc(-c2cc3ccccc3o2)on1)C1(c2ccc(Cl)cc2)CCCC1. The molecule has 1 amide bonds. The summed E-state index contributed by atoms with van der Waals surface area (Å²) in [5, 5.41) is 8.84. The lowest BCUT2D eigenvalue weighted by atomic mass is 9.78. The maximum Gasteiger partial charge on any atom is 0.230 e. The summed E-state index contributed by atoms with van der Waals surface area (Å²) in [5.41, 5.74) is 1.97. The zero-order valence-corrected chi connectivity index (χ0v) is 17.1. The summed E-state index contributed by atoms with van der Waals surface area (Å²) < 4.78 is 11.3. The van der Waals surface area contributed by atoms with Crippen LogP contribution in [0.4, 0.5) is 0 Å². The molecular formula is C24H21ClN2O3. The highest BCUT2D eigenvalue weighted by molar-refractivity contribution is 6.30. The fraction of sp³-hybridized carbons (Fsp3) is 0.250. The Morgan fingerprint density at radius 1 is 1.03 bits per heavy atom. The number of nitrogens with one attached hydrogen (secondary N) is 1. The third kappa shape index (κ3) is 3.39. The van der Waals surface area contributed by atoms with Crippen LogP contribution >= 0.6 is 11.6 Å². The van der Waals surface area contributed by atoms with Crippen molar-refractivity contribution < 1.29 is 13.7 Å². The summed E-state index contributed by atoms with van der Waals surface area (Å²) in [6.45, 7) is 0.303. The van der Waals surface area contributed by atoms with Gasteiger partial charge in [-0.2, -0.15) is 0 Å². The molecule has 4 aromatic rings. The van der Waals surface area contributed by atoms with Gasteiger partial charge in [0.1, 0.15) is 11.3 Å². The van der Waals surface area contributed by atoms with Crippen molar-refractivity contribution in [3.8, 4) is 11.5 Å². The Morgan fingerprint density at radius 3 is 2.57 bits per heavy atom. The Bertz CT molecular complexity index is 1150. The Morgan fingerprint density at radius 2 is 1.80 bits per heavy atom. The summed E-state index contributed by atoms with van der Waals surface area (Å²) in [6.07, 6.45) is 3.75. The van der Waals surface area contributed by atoms with Gasteiger partial charge in [0.15, 0.2) is 5.76 Å². The van der Waals surface area contributed by atoms with Gasteiger partial charge in [0.25, 0.3) is 0 Å². The monoisotopic (exact) mass is 420 g/mol. The van der Waals surface area contributed by atoms with E-state index in [4.69, 9.17) is 20.5 Å². The lowest BCUT2D eigenvalue weighted by Gasteiger charge is -2.28. The van der Waals surface area contributed by atoms with Gasteiger partial charge >= 0.3 is 0 Å². The minimum atomic E-state index is -0.504. The molecule has 6 heteroatoms. The predicted molar refractivity (Wildman–Crippen MR) is 115 cm³/mol. The lowest BCUT2D eigenvalue weighted by molar-refractivity contribution is -0.126. The molecule has 1 fully saturated rings. The van der Waals surface area contributed by atoms with E-state index >= 15 is 0 Å². The first-order valence-corrected chi connectivity index (χ1v) is 10.5. The molecule has 2 aromatic carbocycles. The van der Waals surface area contributed by atoms with Crippen molar-refractivity contribution >= 4 is 28.5 Å². The van der Waals surface area contributed by atoms with Gasteiger partial charge in [-0.05, 0) is 42.7 Å². The number of para-hydroxylation sites is 1. The molecule has 0 bridgehead atoms. The highest BCUT2D eigenvalue weighted by Crippen LogP contribution is 2.41. The smallest absolute Gasteiger partial charge is 0.230 e. The molecule has 0 saturated heterocycles. The molecule has 5 rings (SSSR count). The average Bonchev–Trinajstić information content (AvgIpc) is 3.51. The molecule has 1 aliphatic rings. The van der Waals surface area contributed by atoms with Crippen molar-refractivity contribution in [1.29, 1.82) is 0 Å². The van der Waals surface area contributed by atoms with Gasteiger partial charge in [0.05, 0.1) is 12.0 Å². The molecule has 0 spiro atoms. The van der Waals surface area contributed by atoms with Gasteiger partial charge in [0, 0.05) is 16.5 Å². The summed E-state index contributed by atoms with van der Waals surface area (Å²) in [5.74, 6) is 1.19. The number of hydrogen-bond donors (Lipinski definition) is 1. The van der Waals surface area contributed by atoms with Crippen LogP contribution in [-0.2, 0) is 16.8 Å². The van der Waals surface area contributed by atoms with E-state index in [1.165, 1.54) is 0 Å². The second-order valence-electron chi connectivity index (χ2n) is 7.81. The fourth-order valence-corrected chi connectivity index (χ4v) is 4.47. The number of amides is 1. The van der Waals surface area contributed by atoms with Gasteiger partial charge in [-0.15, -0.1) is 0 Å². The minimum absolute atomic E-state index is 0.0237. The first-order valence-electron chi connectivity index (χ1n) is 10.1. The third-order valence-electron chi connectivity index (χ3n) is 5.95. The Balaban J connectivity index is 1.32. The quantitative estimate of drug-likeness (QED) is 0.438. The number of carbonyl (C=O) groups is 1. The molecular weight excluding hydrogens is 400 g/mol. The predicted octanol–water partition coefficient (Wildman–Crippen LogP) is 5.87. The molecule has 1 saturated carbocycles. The Labute approximate surface area is 179 Å². The molecule has 0 radical (unpaired) electrons. The summed E-state index contributed by atoms with van der Waals surface area (Å²) in [6, 6.07) is 19.1. The van der Waals surface area contributed by atoms with E-state index in [-0.39, 0.29) is 5.91 Å². The minimum Gasteiger partial charge on any atom is -0.453 e. The molecule has 0 atom stereocenters. The largest absolute Gasteiger partial charge is 0.453 e. The van der Waals surface area contributed by atoms with Crippen molar-refractivity contribution in [2.75, 3.05) is 0 Å². The van der Waals surface area contributed by atoms with E-state index < -0.39 is 5.41 Å². The zero-order valence-electron chi connectivity index (χ0n) is 16.4. The number of halogens is 1. The van der Waals surface area contributed by atoms with Crippen molar-refractivity contribution in [3.05, 3.63) is 76.9 Å². The highest BCUT2D eigenvalue weighted by atomic mass is 35.5. The first kappa shape index (κ1) is 18.9. The number of carbonyl (C=O) groups excluding carboxylic acids is 1. The fourth-order valence-electron chi connectivity index (χ4n) is 4.35. The molecule has 0 unspecified atom stereocenters. The normalized spacial score (nSPS) is 15.5. The van der Waals surface area contributed by atoms with E-state index in [0.717, 1.165) is 42.2 Å². The van der Waals surface area contributed by atoms with Crippen LogP contribution in [0.15, 0.2) is 69.6 Å². The molecule has 30 heavy (non-hydrogen) atoms. The molecule has 5 nitrogen and oxygen atoms in total. The number of hydrogen-bond acceptors (Lipinski definition) is 4. The summed E-state index contributed by atoms with van der Waals surface area (Å²) in [7, 11) is 0. The molecule has 2 aromatic heterocycles. The number of rotatable bonds is 5. The summed E-state index contributed by atoms with van der Waals surface area (Å²) >= 11 is 6.04. The van der Waals surface area contributed by atoms with Crippen molar-refractivity contribution in [2.45, 2.75) is 37.6 Å². The van der Waals surface area contributed by atoms with Crippen LogP contribution in [-0.4, -0.2) is 11.1 Å². The van der Waals surface area contributed by atoms with Crippen LogP contribution in [0.25, 0.3) is 22.5 Å². The van der Waals surface area contributed by atoms with Gasteiger partial charge in [-0.3, -0.25) is 4.79 Å². The van der Waals surface area contributed by atoms with Crippen molar-refractivity contribution in [1.82, 2.24) is 10.5 Å². The van der Waals surface area contributed by atoms with E-state index in [9.17, 15) is 4.79 Å². The number of fused-ring (bicyclic) bond motifs is 1. The second-order valence-corrected chi connectivity index (χ2v) is 8.25. The molecule has 152 valence electrons. The number of nitrogens with zero attached hydrogens (tertiary/aromatic N) is 1. The van der Waals surface area contributed by atoms with E-state index in [1.54, 1.807) is 0 Å². The van der Waals surface area contributed by atoms with Crippen molar-refractivity contribution in [2.24, 2.45) is 0 Å². The van der Waals surface area contributed by atoms with Crippen LogP contribution in [0, 0.1) is 0 Å². The molecule has 1 N–H and O–H groups in total. The van der Waals surface area contributed by atoms with Crippen LogP contribution < -0.4 is 5.32 Å². The van der Waals surface area contributed by atoms with Crippen LogP contribution in [0.2, 0.25) is 5.02 Å². The molecule has 0 aliphatic heterocycles. The van der Waals surface area contributed by atoms with Crippen LogP contribution in [0.1, 0.15) is 36.9 Å². The first-order chi connectivity index (χ1) is 14.6. The van der Waals surface area contributed by atoms with E-state index in [2.05, 4.69) is 10.5 Å². The van der Waals surface area contributed by atoms with Crippen molar-refractivity contribution in [3.63, 3.8) is 0 Å².